The van der Waals surface area contributed by atoms with Crippen molar-refractivity contribution < 1.29 is 4.39 Å². The van der Waals surface area contributed by atoms with Gasteiger partial charge in [0.2, 0.25) is 29.5 Å². The summed E-state index contributed by atoms with van der Waals surface area (Å²) in [4.78, 5) is 22.9. The van der Waals surface area contributed by atoms with E-state index in [1.54, 1.807) is 12.1 Å². The minimum atomic E-state index is -1.07. The third kappa shape index (κ3) is 1.30. The first-order valence-electron chi connectivity index (χ1n) is 4.49. The summed E-state index contributed by atoms with van der Waals surface area (Å²) in [7, 11) is 0. The SMILES string of the molecule is N#CC1=NC2=NC(F)=NC3=NC(C#N)=NC(=N1)N23. The molecule has 0 aromatic heterocycles. The smallest absolute Gasteiger partial charge is 0.212 e. The van der Waals surface area contributed by atoms with Crippen molar-refractivity contribution in [2.24, 2.45) is 30.0 Å². The Morgan fingerprint density at radius 3 is 1.83 bits per heavy atom. The van der Waals surface area contributed by atoms with Gasteiger partial charge in [-0.15, -0.1) is 0 Å². The van der Waals surface area contributed by atoms with E-state index >= 15 is 0 Å². The fraction of sp³-hybridized carbons (Fsp3) is 0. The molecule has 0 aliphatic carbocycles. The highest BCUT2D eigenvalue weighted by Crippen LogP contribution is 2.16. The van der Waals surface area contributed by atoms with Crippen LogP contribution in [0, 0.1) is 22.7 Å². The quantitative estimate of drug-likeness (QED) is 0.534. The van der Waals surface area contributed by atoms with Crippen LogP contribution in [0.5, 0.6) is 0 Å². The molecule has 0 aromatic carbocycles. The molecule has 3 heterocycles. The summed E-state index contributed by atoms with van der Waals surface area (Å²) in [6, 6.07) is 3.38. The Labute approximate surface area is 98.4 Å². The third-order valence-corrected chi connectivity index (χ3v) is 2.01. The van der Waals surface area contributed by atoms with Crippen molar-refractivity contribution in [3.63, 3.8) is 0 Å². The number of rotatable bonds is 0. The van der Waals surface area contributed by atoms with Crippen LogP contribution in [0.1, 0.15) is 0 Å². The van der Waals surface area contributed by atoms with Crippen LogP contribution >= 0.6 is 0 Å². The zero-order chi connectivity index (χ0) is 12.7. The number of hydrogen-bond acceptors (Lipinski definition) is 9. The van der Waals surface area contributed by atoms with Gasteiger partial charge in [0, 0.05) is 0 Å². The molecule has 0 unspecified atom stereocenters. The number of hydrogen-bond donors (Lipinski definition) is 0. The Bertz CT molecular complexity index is 707. The number of nitriles is 2. The van der Waals surface area contributed by atoms with Crippen molar-refractivity contribution in [3.05, 3.63) is 0 Å². The van der Waals surface area contributed by atoms with Crippen LogP contribution in [0.15, 0.2) is 30.0 Å². The van der Waals surface area contributed by atoms with Gasteiger partial charge in [-0.3, -0.25) is 0 Å². The third-order valence-electron chi connectivity index (χ3n) is 2.01. The lowest BCUT2D eigenvalue weighted by atomic mass is 10.5. The van der Waals surface area contributed by atoms with Gasteiger partial charge in [0.15, 0.2) is 0 Å². The maximum Gasteiger partial charge on any atom is 0.315 e. The lowest BCUT2D eigenvalue weighted by Crippen LogP contribution is -2.47. The molecule has 0 atom stereocenters. The minimum Gasteiger partial charge on any atom is -0.212 e. The van der Waals surface area contributed by atoms with Crippen LogP contribution in [-0.2, 0) is 0 Å². The van der Waals surface area contributed by atoms with Crippen molar-refractivity contribution >= 4 is 35.6 Å². The molecular weight excluding hydrogens is 241 g/mol. The molecule has 84 valence electrons. The first-order chi connectivity index (χ1) is 8.71. The molecule has 0 fully saturated rings. The highest BCUT2D eigenvalue weighted by atomic mass is 19.1. The van der Waals surface area contributed by atoms with Gasteiger partial charge < -0.3 is 0 Å². The Morgan fingerprint density at radius 1 is 0.778 bits per heavy atom. The summed E-state index contributed by atoms with van der Waals surface area (Å²) in [5.41, 5.74) is 0. The first-order valence-corrected chi connectivity index (χ1v) is 4.49. The molecule has 0 spiro atoms. The van der Waals surface area contributed by atoms with Gasteiger partial charge in [-0.05, 0) is 0 Å². The maximum atomic E-state index is 13.1. The minimum absolute atomic E-state index is 0.0434. The predicted octanol–water partition coefficient (Wildman–Crippen LogP) is -0.433. The van der Waals surface area contributed by atoms with E-state index in [-0.39, 0.29) is 29.5 Å². The predicted molar refractivity (Wildman–Crippen MR) is 58.8 cm³/mol. The van der Waals surface area contributed by atoms with Gasteiger partial charge in [0.05, 0.1) is 0 Å². The standard InChI is InChI=1S/C8FN9/c9-5-16-7-14-3(1-10)12-6-13-4(2-11)15-8(17-5)18(6)7. The number of amidine groups is 3. The van der Waals surface area contributed by atoms with E-state index in [1.165, 1.54) is 0 Å². The van der Waals surface area contributed by atoms with Gasteiger partial charge in [-0.1, -0.05) is 0 Å². The van der Waals surface area contributed by atoms with Crippen molar-refractivity contribution in [1.82, 2.24) is 4.90 Å². The van der Waals surface area contributed by atoms with Crippen LogP contribution in [-0.4, -0.2) is 40.5 Å². The Hall–Kier alpha value is -3.27. The molecule has 10 heteroatoms. The first kappa shape index (κ1) is 9.92. The normalized spacial score (nSPS) is 20.1. The summed E-state index contributed by atoms with van der Waals surface area (Å²) < 4.78 is 13.1. The highest BCUT2D eigenvalue weighted by molar-refractivity contribution is 6.32. The largest absolute Gasteiger partial charge is 0.315 e. The van der Waals surface area contributed by atoms with Crippen LogP contribution in [0.3, 0.4) is 0 Å². The summed E-state index contributed by atoms with van der Waals surface area (Å²) >= 11 is 0. The van der Waals surface area contributed by atoms with E-state index in [2.05, 4.69) is 30.0 Å². The Balaban J connectivity index is 2.25. The average molecular weight is 241 g/mol. The van der Waals surface area contributed by atoms with Gasteiger partial charge in [0.1, 0.15) is 12.1 Å². The molecule has 0 saturated heterocycles. The van der Waals surface area contributed by atoms with E-state index in [9.17, 15) is 4.39 Å². The molecule has 0 radical (unpaired) electrons. The highest BCUT2D eigenvalue weighted by Gasteiger charge is 2.34. The number of nitrogens with zero attached hydrogens (tertiary/aromatic N) is 9. The molecular formula is C8FN9. The van der Waals surface area contributed by atoms with Crippen molar-refractivity contribution in [3.8, 4) is 12.1 Å². The Morgan fingerprint density at radius 2 is 1.28 bits per heavy atom. The van der Waals surface area contributed by atoms with E-state index in [1.807, 2.05) is 0 Å². The van der Waals surface area contributed by atoms with E-state index in [0.29, 0.717) is 0 Å². The Kier molecular flexibility index (Phi) is 1.85. The molecule has 3 rings (SSSR count). The van der Waals surface area contributed by atoms with Gasteiger partial charge in [-0.2, -0.15) is 44.9 Å². The zero-order valence-electron chi connectivity index (χ0n) is 8.40. The average Bonchev–Trinajstić information content (AvgIpc) is 2.37. The zero-order valence-corrected chi connectivity index (χ0v) is 8.40. The number of halogens is 1. The fourth-order valence-electron chi connectivity index (χ4n) is 1.36. The lowest BCUT2D eigenvalue weighted by Gasteiger charge is -2.27. The molecule has 0 N–H and O–H groups in total. The molecule has 3 aliphatic rings. The summed E-state index contributed by atoms with van der Waals surface area (Å²) in [5, 5.41) is 17.5. The lowest BCUT2D eigenvalue weighted by molar-refractivity contribution is 0.753. The molecule has 9 nitrogen and oxygen atoms in total. The van der Waals surface area contributed by atoms with Gasteiger partial charge in [0.25, 0.3) is 0 Å². The molecule has 3 aliphatic heterocycles. The van der Waals surface area contributed by atoms with E-state index in [4.69, 9.17) is 10.5 Å². The van der Waals surface area contributed by atoms with Crippen molar-refractivity contribution in [2.45, 2.75) is 0 Å². The van der Waals surface area contributed by atoms with Crippen LogP contribution < -0.4 is 0 Å². The fourth-order valence-corrected chi connectivity index (χ4v) is 1.36. The molecule has 0 bridgehead atoms. The topological polar surface area (TPSA) is 125 Å². The maximum absolute atomic E-state index is 13.1. The summed E-state index contributed by atoms with van der Waals surface area (Å²) in [6.45, 7) is 0. The van der Waals surface area contributed by atoms with Crippen LogP contribution in [0.2, 0.25) is 0 Å². The van der Waals surface area contributed by atoms with Crippen molar-refractivity contribution in [2.75, 3.05) is 0 Å². The summed E-state index contributed by atoms with van der Waals surface area (Å²) in [6.07, 6.45) is -1.07. The van der Waals surface area contributed by atoms with E-state index in [0.717, 1.165) is 4.90 Å². The number of aliphatic imine (C=N–C) groups is 6. The van der Waals surface area contributed by atoms with Gasteiger partial charge >= 0.3 is 6.09 Å². The molecule has 0 saturated carbocycles. The summed E-state index contributed by atoms with van der Waals surface area (Å²) in [5.74, 6) is -0.820. The monoisotopic (exact) mass is 241 g/mol. The second kappa shape index (κ2) is 3.36. The molecule has 0 aromatic rings. The van der Waals surface area contributed by atoms with Gasteiger partial charge in [-0.25, -0.2) is 4.90 Å². The molecule has 18 heavy (non-hydrogen) atoms. The number of guanidine groups is 3. The second-order valence-electron chi connectivity index (χ2n) is 3.05. The second-order valence-corrected chi connectivity index (χ2v) is 3.05. The van der Waals surface area contributed by atoms with Crippen LogP contribution in [0.25, 0.3) is 0 Å². The van der Waals surface area contributed by atoms with Crippen LogP contribution in [0.4, 0.5) is 4.39 Å². The molecule has 0 amide bonds. The van der Waals surface area contributed by atoms with E-state index < -0.39 is 6.09 Å². The van der Waals surface area contributed by atoms with Crippen molar-refractivity contribution in [1.29, 1.82) is 10.5 Å².